The Morgan fingerprint density at radius 1 is 1.05 bits per heavy atom. The molecule has 1 saturated carbocycles. The molecular weight excluding hydrogens is 537 g/mol. The molecule has 37 heavy (non-hydrogen) atoms. The van der Waals surface area contributed by atoms with Crippen molar-refractivity contribution in [3.05, 3.63) is 58.1 Å². The molecule has 2 aromatic carbocycles. The summed E-state index contributed by atoms with van der Waals surface area (Å²) in [4.78, 5) is 28.2. The third-order valence-corrected chi connectivity index (χ3v) is 8.40. The highest BCUT2D eigenvalue weighted by Crippen LogP contribution is 2.28. The van der Waals surface area contributed by atoms with Gasteiger partial charge < -0.3 is 15.0 Å². The Labute approximate surface area is 228 Å². The summed E-state index contributed by atoms with van der Waals surface area (Å²) >= 11 is 12.8. The van der Waals surface area contributed by atoms with Gasteiger partial charge in [0.1, 0.15) is 18.3 Å². The van der Waals surface area contributed by atoms with E-state index in [2.05, 4.69) is 5.32 Å². The zero-order valence-electron chi connectivity index (χ0n) is 21.2. The molecule has 0 bridgehead atoms. The van der Waals surface area contributed by atoms with E-state index in [9.17, 15) is 18.0 Å². The smallest absolute Gasteiger partial charge is 0.244 e. The predicted octanol–water partition coefficient (Wildman–Crippen LogP) is 4.63. The van der Waals surface area contributed by atoms with E-state index in [1.54, 1.807) is 49.4 Å². The number of nitrogens with one attached hydrogen (secondary N) is 1. The number of rotatable bonds is 10. The van der Waals surface area contributed by atoms with Gasteiger partial charge in [-0.25, -0.2) is 8.42 Å². The molecule has 8 nitrogen and oxygen atoms in total. The van der Waals surface area contributed by atoms with Gasteiger partial charge >= 0.3 is 0 Å². The van der Waals surface area contributed by atoms with Crippen LogP contribution in [0.3, 0.4) is 0 Å². The number of carbonyl (C=O) groups is 2. The maximum absolute atomic E-state index is 13.7. The van der Waals surface area contributed by atoms with Crippen LogP contribution in [0.1, 0.15) is 44.6 Å². The van der Waals surface area contributed by atoms with Gasteiger partial charge in [0.15, 0.2) is 0 Å². The zero-order chi connectivity index (χ0) is 27.2. The topological polar surface area (TPSA) is 96.0 Å². The van der Waals surface area contributed by atoms with Crippen LogP contribution >= 0.6 is 23.2 Å². The van der Waals surface area contributed by atoms with Gasteiger partial charge in [-0.2, -0.15) is 0 Å². The molecule has 202 valence electrons. The quantitative estimate of drug-likeness (QED) is 0.449. The number of anilines is 1. The van der Waals surface area contributed by atoms with Crippen molar-refractivity contribution in [2.45, 2.75) is 57.7 Å². The van der Waals surface area contributed by atoms with E-state index in [0.29, 0.717) is 27.0 Å². The Hall–Kier alpha value is -2.49. The van der Waals surface area contributed by atoms with E-state index in [4.69, 9.17) is 27.9 Å². The molecule has 1 aliphatic carbocycles. The van der Waals surface area contributed by atoms with E-state index in [-0.39, 0.29) is 18.5 Å². The lowest BCUT2D eigenvalue weighted by Crippen LogP contribution is -2.53. The Kier molecular flexibility index (Phi) is 10.1. The van der Waals surface area contributed by atoms with Crippen molar-refractivity contribution < 1.29 is 22.7 Å². The van der Waals surface area contributed by atoms with Gasteiger partial charge in [-0.05, 0) is 56.2 Å². The number of ether oxygens (including phenoxy) is 1. The fourth-order valence-electron chi connectivity index (χ4n) is 4.37. The van der Waals surface area contributed by atoms with Crippen molar-refractivity contribution in [2.75, 3.05) is 24.2 Å². The minimum absolute atomic E-state index is 0.0522. The fourth-order valence-corrected chi connectivity index (χ4v) is 5.73. The van der Waals surface area contributed by atoms with Crippen LogP contribution in [0, 0.1) is 0 Å². The normalized spacial score (nSPS) is 15.1. The predicted molar refractivity (Wildman–Crippen MR) is 147 cm³/mol. The van der Waals surface area contributed by atoms with Gasteiger partial charge in [0.05, 0.1) is 19.1 Å². The molecule has 1 N–H and O–H groups in total. The first-order chi connectivity index (χ1) is 17.5. The number of amides is 2. The number of carbonyl (C=O) groups excluding carboxylic acids is 2. The van der Waals surface area contributed by atoms with Crippen LogP contribution in [0.2, 0.25) is 10.0 Å². The summed E-state index contributed by atoms with van der Waals surface area (Å²) in [6.07, 6.45) is 6.04. The molecule has 0 aromatic heterocycles. The van der Waals surface area contributed by atoms with Crippen molar-refractivity contribution >= 4 is 50.7 Å². The molecule has 0 saturated heterocycles. The molecule has 2 aromatic rings. The first-order valence-corrected chi connectivity index (χ1v) is 14.8. The molecule has 2 amide bonds. The number of methoxy groups -OCH3 is 1. The number of sulfonamides is 1. The van der Waals surface area contributed by atoms with Gasteiger partial charge in [-0.15, -0.1) is 0 Å². The van der Waals surface area contributed by atoms with Crippen molar-refractivity contribution in [3.63, 3.8) is 0 Å². The number of benzene rings is 2. The van der Waals surface area contributed by atoms with Crippen LogP contribution in [0.15, 0.2) is 42.5 Å². The van der Waals surface area contributed by atoms with E-state index in [1.807, 2.05) is 0 Å². The van der Waals surface area contributed by atoms with E-state index < -0.39 is 28.5 Å². The number of nitrogens with zero attached hydrogens (tertiary/aromatic N) is 2. The SMILES string of the molecule is COc1ccc(N(CC(=O)N(Cc2c(Cl)cccc2Cl)C(C)C(=O)NC2CCCCC2)S(C)(=O)=O)cc1. The highest BCUT2D eigenvalue weighted by molar-refractivity contribution is 7.92. The summed E-state index contributed by atoms with van der Waals surface area (Å²) in [5, 5.41) is 3.75. The minimum atomic E-state index is -3.83. The van der Waals surface area contributed by atoms with Crippen LogP contribution in [0.5, 0.6) is 5.75 Å². The second-order valence-electron chi connectivity index (χ2n) is 9.21. The fraction of sp³-hybridized carbons (Fsp3) is 0.462. The van der Waals surface area contributed by atoms with Crippen molar-refractivity contribution in [1.82, 2.24) is 10.2 Å². The number of hydrogen-bond donors (Lipinski definition) is 1. The molecule has 11 heteroatoms. The molecule has 3 rings (SSSR count). The summed E-state index contributed by atoms with van der Waals surface area (Å²) in [5.41, 5.74) is 0.776. The van der Waals surface area contributed by atoms with Crippen LogP contribution in [-0.4, -0.2) is 57.1 Å². The Morgan fingerprint density at radius 3 is 2.19 bits per heavy atom. The molecule has 1 aliphatic rings. The molecule has 0 spiro atoms. The van der Waals surface area contributed by atoms with Crippen molar-refractivity contribution in [3.8, 4) is 5.75 Å². The first kappa shape index (κ1) is 29.1. The van der Waals surface area contributed by atoms with E-state index >= 15 is 0 Å². The summed E-state index contributed by atoms with van der Waals surface area (Å²) in [7, 11) is -2.33. The van der Waals surface area contributed by atoms with Crippen LogP contribution in [-0.2, 0) is 26.2 Å². The van der Waals surface area contributed by atoms with Crippen molar-refractivity contribution in [2.24, 2.45) is 0 Å². The highest BCUT2D eigenvalue weighted by Gasteiger charge is 2.32. The number of hydrogen-bond acceptors (Lipinski definition) is 5. The summed E-state index contributed by atoms with van der Waals surface area (Å²) in [6, 6.07) is 10.5. The van der Waals surface area contributed by atoms with Gasteiger partial charge in [-0.3, -0.25) is 13.9 Å². The molecule has 0 aliphatic heterocycles. The average molecular weight is 571 g/mol. The second kappa shape index (κ2) is 12.8. The lowest BCUT2D eigenvalue weighted by Gasteiger charge is -2.33. The van der Waals surface area contributed by atoms with Gasteiger partial charge in [0.25, 0.3) is 0 Å². The molecule has 1 unspecified atom stereocenters. The molecule has 0 heterocycles. The van der Waals surface area contributed by atoms with Gasteiger partial charge in [-0.1, -0.05) is 48.5 Å². The van der Waals surface area contributed by atoms with Crippen LogP contribution in [0.25, 0.3) is 0 Å². The molecular formula is C26H33Cl2N3O5S. The summed E-state index contributed by atoms with van der Waals surface area (Å²) in [5.74, 6) is -0.325. The average Bonchev–Trinajstić information content (AvgIpc) is 2.86. The van der Waals surface area contributed by atoms with Gasteiger partial charge in [0, 0.05) is 28.2 Å². The number of halogens is 2. The molecule has 1 fully saturated rings. The molecule has 0 radical (unpaired) electrons. The Balaban J connectivity index is 1.91. The third kappa shape index (κ3) is 7.75. The standard InChI is InChI=1S/C26H33Cl2N3O5S/c1-18(26(33)29-19-8-5-4-6-9-19)30(16-22-23(27)10-7-11-24(22)28)25(32)17-31(37(3,34)35)20-12-14-21(36-2)15-13-20/h7,10-15,18-19H,4-6,8-9,16-17H2,1-3H3,(H,29,33). The largest absolute Gasteiger partial charge is 0.497 e. The zero-order valence-corrected chi connectivity index (χ0v) is 23.6. The lowest BCUT2D eigenvalue weighted by atomic mass is 9.95. The maximum Gasteiger partial charge on any atom is 0.244 e. The van der Waals surface area contributed by atoms with E-state index in [0.717, 1.165) is 42.7 Å². The second-order valence-corrected chi connectivity index (χ2v) is 11.9. The molecule has 1 atom stereocenters. The van der Waals surface area contributed by atoms with Crippen LogP contribution in [0.4, 0.5) is 5.69 Å². The Morgan fingerprint density at radius 2 is 1.65 bits per heavy atom. The third-order valence-electron chi connectivity index (χ3n) is 6.55. The van der Waals surface area contributed by atoms with Gasteiger partial charge in [0.2, 0.25) is 21.8 Å². The minimum Gasteiger partial charge on any atom is -0.497 e. The first-order valence-electron chi connectivity index (χ1n) is 12.2. The maximum atomic E-state index is 13.7. The van der Waals surface area contributed by atoms with Crippen LogP contribution < -0.4 is 14.4 Å². The summed E-state index contributed by atoms with van der Waals surface area (Å²) in [6.45, 7) is 1.06. The monoisotopic (exact) mass is 569 g/mol. The Bertz CT molecular complexity index is 1180. The van der Waals surface area contributed by atoms with E-state index in [1.165, 1.54) is 12.0 Å². The van der Waals surface area contributed by atoms with Crippen molar-refractivity contribution in [1.29, 1.82) is 0 Å². The summed E-state index contributed by atoms with van der Waals surface area (Å²) < 4.78 is 31.5. The highest BCUT2D eigenvalue weighted by atomic mass is 35.5. The lowest BCUT2D eigenvalue weighted by molar-refractivity contribution is -0.139.